The maximum atomic E-state index is 13.2. The second-order valence-corrected chi connectivity index (χ2v) is 7.65. The maximum absolute atomic E-state index is 13.2. The Balaban J connectivity index is 1.85. The number of halogens is 1. The van der Waals surface area contributed by atoms with E-state index in [4.69, 9.17) is 9.97 Å². The molecule has 5 aromatic rings. The number of aromatic nitrogens is 5. The van der Waals surface area contributed by atoms with Gasteiger partial charge >= 0.3 is 5.56 Å². The molecule has 0 aliphatic heterocycles. The first-order valence-corrected chi connectivity index (χ1v) is 10.1. The minimum Gasteiger partial charge on any atom is -0.250 e. The zero-order valence-electron chi connectivity index (χ0n) is 15.8. The predicted octanol–water partition coefficient (Wildman–Crippen LogP) is 3.54. The lowest BCUT2D eigenvalue weighted by atomic mass is 10.2. The van der Waals surface area contributed by atoms with E-state index < -0.39 is 0 Å². The minimum atomic E-state index is -0.172. The second-order valence-electron chi connectivity index (χ2n) is 6.74. The average Bonchev–Trinajstić information content (AvgIpc) is 3.06. The van der Waals surface area contributed by atoms with Gasteiger partial charge in [0, 0.05) is 4.47 Å². The van der Waals surface area contributed by atoms with Gasteiger partial charge in [0.1, 0.15) is 5.52 Å². The molecular formula is C22H16BrN6O+. The molecule has 2 aromatic carbocycles. The zero-order chi connectivity index (χ0) is 20.7. The van der Waals surface area contributed by atoms with E-state index >= 15 is 0 Å². The molecule has 0 aliphatic rings. The highest BCUT2D eigenvalue weighted by atomic mass is 79.9. The molecular weight excluding hydrogens is 444 g/mol. The first-order chi connectivity index (χ1) is 14.7. The van der Waals surface area contributed by atoms with Crippen LogP contribution in [0.3, 0.4) is 0 Å². The summed E-state index contributed by atoms with van der Waals surface area (Å²) < 4.78 is 4.14. The summed E-state index contributed by atoms with van der Waals surface area (Å²) in [6.45, 7) is 4.11. The van der Waals surface area contributed by atoms with Crippen LogP contribution in [0, 0.1) is 0 Å². The Labute approximate surface area is 179 Å². The molecule has 0 atom stereocenters. The van der Waals surface area contributed by atoms with Crippen molar-refractivity contribution >= 4 is 55.4 Å². The Morgan fingerprint density at radius 2 is 1.93 bits per heavy atom. The van der Waals surface area contributed by atoms with E-state index in [1.54, 1.807) is 27.9 Å². The first-order valence-electron chi connectivity index (χ1n) is 9.28. The SMILES string of the molecule is C=CCn1c[nH+]c2c(c1=O)c1nc3ccccc3nc1n2/N=C/c1cccc(Br)c1. The van der Waals surface area contributed by atoms with E-state index in [1.165, 1.54) is 0 Å². The summed E-state index contributed by atoms with van der Waals surface area (Å²) in [5.74, 6) is 0. The largest absolute Gasteiger partial charge is 0.323 e. The number of benzene rings is 2. The maximum Gasteiger partial charge on any atom is 0.323 e. The fourth-order valence-corrected chi connectivity index (χ4v) is 3.82. The molecule has 0 spiro atoms. The predicted molar refractivity (Wildman–Crippen MR) is 121 cm³/mol. The number of H-pyrrole nitrogens is 1. The smallest absolute Gasteiger partial charge is 0.250 e. The molecule has 7 nitrogen and oxygen atoms in total. The number of hydrogen-bond acceptors (Lipinski definition) is 4. The Morgan fingerprint density at radius 1 is 1.13 bits per heavy atom. The molecule has 0 fully saturated rings. The number of aromatic amines is 1. The molecule has 0 radical (unpaired) electrons. The monoisotopic (exact) mass is 459 g/mol. The van der Waals surface area contributed by atoms with Crippen molar-refractivity contribution in [2.45, 2.75) is 6.54 Å². The molecule has 0 amide bonds. The average molecular weight is 460 g/mol. The third-order valence-electron chi connectivity index (χ3n) is 4.77. The molecule has 0 aliphatic carbocycles. The van der Waals surface area contributed by atoms with Crippen LogP contribution in [-0.4, -0.2) is 25.4 Å². The van der Waals surface area contributed by atoms with Crippen molar-refractivity contribution in [1.29, 1.82) is 0 Å². The summed E-state index contributed by atoms with van der Waals surface area (Å²) in [6.07, 6.45) is 5.02. The molecule has 0 saturated heterocycles. The van der Waals surface area contributed by atoms with Gasteiger partial charge in [-0.2, -0.15) is 0 Å². The number of hydrogen-bond donors (Lipinski definition) is 0. The van der Waals surface area contributed by atoms with E-state index in [0.717, 1.165) is 21.1 Å². The third-order valence-corrected chi connectivity index (χ3v) is 5.26. The Morgan fingerprint density at radius 3 is 2.70 bits per heavy atom. The van der Waals surface area contributed by atoms with Gasteiger partial charge in [0.25, 0.3) is 5.65 Å². The molecule has 3 aromatic heterocycles. The van der Waals surface area contributed by atoms with E-state index in [2.05, 4.69) is 32.6 Å². The molecule has 1 N–H and O–H groups in total. The van der Waals surface area contributed by atoms with Crippen LogP contribution < -0.4 is 10.5 Å². The van der Waals surface area contributed by atoms with E-state index in [1.807, 2.05) is 48.5 Å². The number of fused-ring (bicyclic) bond motifs is 4. The van der Waals surface area contributed by atoms with Crippen LogP contribution in [-0.2, 0) is 6.54 Å². The normalized spacial score (nSPS) is 11.8. The highest BCUT2D eigenvalue weighted by Gasteiger charge is 2.24. The lowest BCUT2D eigenvalue weighted by molar-refractivity contribution is -0.357. The third kappa shape index (κ3) is 3.02. The first kappa shape index (κ1) is 18.4. The standard InChI is InChI=1S/C22H15BrN6O/c1-2-10-28-13-24-20-18(22(28)30)19-21(27-17-9-4-3-8-16(17)26-19)29(20)25-12-14-6-5-7-15(23)11-14/h2-9,11-13H,1,10H2/p+1/b25-12+. The Bertz CT molecular complexity index is 1530. The Kier molecular flexibility index (Phi) is 4.48. The number of nitrogens with zero attached hydrogens (tertiary/aromatic N) is 5. The molecule has 3 heterocycles. The van der Waals surface area contributed by atoms with Crippen molar-refractivity contribution in [1.82, 2.24) is 19.2 Å². The van der Waals surface area contributed by atoms with E-state index in [9.17, 15) is 4.79 Å². The summed E-state index contributed by atoms with van der Waals surface area (Å²) in [6, 6.07) is 15.4. The van der Waals surface area contributed by atoms with Crippen molar-refractivity contribution in [3.8, 4) is 0 Å². The van der Waals surface area contributed by atoms with Gasteiger partial charge in [0.05, 0.1) is 23.8 Å². The van der Waals surface area contributed by atoms with Crippen molar-refractivity contribution in [2.24, 2.45) is 5.10 Å². The van der Waals surface area contributed by atoms with Crippen LogP contribution in [0.5, 0.6) is 0 Å². The Hall–Kier alpha value is -3.65. The summed E-state index contributed by atoms with van der Waals surface area (Å²) in [7, 11) is 0. The van der Waals surface area contributed by atoms with Crippen molar-refractivity contribution in [3.63, 3.8) is 0 Å². The summed E-state index contributed by atoms with van der Waals surface area (Å²) in [4.78, 5) is 25.8. The number of allylic oxidation sites excluding steroid dienone is 1. The van der Waals surface area contributed by atoms with Gasteiger partial charge in [-0.1, -0.05) is 52.9 Å². The molecule has 0 unspecified atom stereocenters. The van der Waals surface area contributed by atoms with E-state index in [-0.39, 0.29) is 5.56 Å². The van der Waals surface area contributed by atoms with Gasteiger partial charge in [-0.05, 0) is 29.8 Å². The van der Waals surface area contributed by atoms with Crippen molar-refractivity contribution in [3.05, 3.63) is 87.9 Å². The van der Waals surface area contributed by atoms with Gasteiger partial charge < -0.3 is 0 Å². The van der Waals surface area contributed by atoms with Crippen molar-refractivity contribution in [2.75, 3.05) is 0 Å². The van der Waals surface area contributed by atoms with Crippen molar-refractivity contribution < 1.29 is 4.98 Å². The second kappa shape index (κ2) is 7.31. The van der Waals surface area contributed by atoms with Gasteiger partial charge in [-0.3, -0.25) is 0 Å². The van der Waals surface area contributed by atoms with Gasteiger partial charge in [-0.25, -0.2) is 24.3 Å². The summed E-state index contributed by atoms with van der Waals surface area (Å²) in [5.41, 5.74) is 3.76. The van der Waals surface area contributed by atoms with Gasteiger partial charge in [0.15, 0.2) is 11.7 Å². The fourth-order valence-electron chi connectivity index (χ4n) is 3.41. The highest BCUT2D eigenvalue weighted by molar-refractivity contribution is 9.10. The summed E-state index contributed by atoms with van der Waals surface area (Å²) in [5, 5.41) is 5.07. The quantitative estimate of drug-likeness (QED) is 0.304. The van der Waals surface area contributed by atoms with Crippen LogP contribution in [0.1, 0.15) is 5.56 Å². The lowest BCUT2D eigenvalue weighted by Gasteiger charge is -1.97. The van der Waals surface area contributed by atoms with Crippen LogP contribution in [0.4, 0.5) is 0 Å². The van der Waals surface area contributed by atoms with Crippen LogP contribution in [0.2, 0.25) is 0 Å². The molecule has 146 valence electrons. The van der Waals surface area contributed by atoms with Crippen LogP contribution in [0.25, 0.3) is 33.2 Å². The van der Waals surface area contributed by atoms with Gasteiger partial charge in [0.2, 0.25) is 5.65 Å². The fraction of sp³-hybridized carbons (Fsp3) is 0.0455. The molecule has 0 bridgehead atoms. The zero-order valence-corrected chi connectivity index (χ0v) is 17.4. The van der Waals surface area contributed by atoms with Crippen LogP contribution in [0.15, 0.2) is 81.9 Å². The number of para-hydroxylation sites is 2. The minimum absolute atomic E-state index is 0.172. The lowest BCUT2D eigenvalue weighted by Crippen LogP contribution is -2.26. The number of rotatable bonds is 4. The molecule has 0 saturated carbocycles. The summed E-state index contributed by atoms with van der Waals surface area (Å²) >= 11 is 3.47. The van der Waals surface area contributed by atoms with Gasteiger partial charge in [-0.15, -0.1) is 9.78 Å². The molecule has 8 heteroatoms. The van der Waals surface area contributed by atoms with Crippen LogP contribution >= 0.6 is 15.9 Å². The topological polar surface area (TPSA) is 79.2 Å². The molecule has 30 heavy (non-hydrogen) atoms. The highest BCUT2D eigenvalue weighted by Crippen LogP contribution is 2.23. The molecule has 5 rings (SSSR count). The van der Waals surface area contributed by atoms with E-state index in [0.29, 0.717) is 28.7 Å². The number of nitrogens with one attached hydrogen (secondary N) is 1.